The molecule has 0 radical (unpaired) electrons. The molecule has 0 amide bonds. The lowest BCUT2D eigenvalue weighted by Gasteiger charge is -2.01. The second kappa shape index (κ2) is 3.62. The third-order valence-corrected chi connectivity index (χ3v) is 1.97. The smallest absolute Gasteiger partial charge is 0.141 e. The lowest BCUT2D eigenvalue weighted by atomic mass is 10.1. The summed E-state index contributed by atoms with van der Waals surface area (Å²) in [6, 6.07) is 7.39. The van der Waals surface area contributed by atoms with Gasteiger partial charge in [-0.2, -0.15) is 0 Å². The van der Waals surface area contributed by atoms with E-state index in [9.17, 15) is 5.11 Å². The van der Waals surface area contributed by atoms with Gasteiger partial charge in [0.2, 0.25) is 0 Å². The predicted molar refractivity (Wildman–Crippen MR) is 55.4 cm³/mol. The van der Waals surface area contributed by atoms with Gasteiger partial charge in [-0.1, -0.05) is 12.1 Å². The summed E-state index contributed by atoms with van der Waals surface area (Å²) in [6.07, 6.45) is 1.68. The molecule has 0 saturated carbocycles. The first-order valence-electron chi connectivity index (χ1n) is 3.82. The van der Waals surface area contributed by atoms with Crippen molar-refractivity contribution in [3.05, 3.63) is 36.0 Å². The fourth-order valence-corrected chi connectivity index (χ4v) is 1.30. The molecule has 1 heterocycles. The zero-order valence-corrected chi connectivity index (χ0v) is 8.01. The number of halogens is 1. The number of phenolic OH excluding ortho intramolecular Hbond substituents is 1. The Morgan fingerprint density at radius 3 is 2.69 bits per heavy atom. The standard InChI is InChI=1S/C10H9NO.ClH/c1-7-4-5-9(12)10-8(7)3-2-6-11-10;/h2-6,12H,1H3;1H. The van der Waals surface area contributed by atoms with Crippen molar-refractivity contribution < 1.29 is 5.11 Å². The zero-order chi connectivity index (χ0) is 8.55. The highest BCUT2D eigenvalue weighted by Crippen LogP contribution is 2.24. The molecule has 3 heteroatoms. The molecule has 0 aliphatic heterocycles. The van der Waals surface area contributed by atoms with Crippen LogP contribution in [-0.2, 0) is 0 Å². The van der Waals surface area contributed by atoms with Crippen LogP contribution in [0.4, 0.5) is 0 Å². The Kier molecular flexibility index (Phi) is 2.73. The van der Waals surface area contributed by atoms with Crippen molar-refractivity contribution in [1.29, 1.82) is 0 Å². The van der Waals surface area contributed by atoms with Gasteiger partial charge < -0.3 is 5.11 Å². The Morgan fingerprint density at radius 1 is 1.23 bits per heavy atom. The second-order valence-electron chi connectivity index (χ2n) is 2.80. The predicted octanol–water partition coefficient (Wildman–Crippen LogP) is 2.67. The molecule has 0 unspecified atom stereocenters. The van der Waals surface area contributed by atoms with E-state index in [4.69, 9.17) is 0 Å². The zero-order valence-electron chi connectivity index (χ0n) is 7.19. The number of benzene rings is 1. The lowest BCUT2D eigenvalue weighted by Crippen LogP contribution is -1.81. The van der Waals surface area contributed by atoms with Crippen LogP contribution in [0.1, 0.15) is 5.56 Å². The second-order valence-corrected chi connectivity index (χ2v) is 2.80. The number of fused-ring (bicyclic) bond motifs is 1. The van der Waals surface area contributed by atoms with Crippen molar-refractivity contribution in [2.45, 2.75) is 6.92 Å². The van der Waals surface area contributed by atoms with Gasteiger partial charge in [0.25, 0.3) is 0 Å². The highest BCUT2D eigenvalue weighted by atomic mass is 35.5. The molecular formula is C10H10ClNO. The van der Waals surface area contributed by atoms with Crippen molar-refractivity contribution in [2.24, 2.45) is 0 Å². The van der Waals surface area contributed by atoms with Crippen molar-refractivity contribution in [3.8, 4) is 5.75 Å². The summed E-state index contributed by atoms with van der Waals surface area (Å²) >= 11 is 0. The highest BCUT2D eigenvalue weighted by Gasteiger charge is 2.00. The van der Waals surface area contributed by atoms with Crippen molar-refractivity contribution in [3.63, 3.8) is 0 Å². The average molecular weight is 196 g/mol. The van der Waals surface area contributed by atoms with Crippen LogP contribution >= 0.6 is 12.4 Å². The van der Waals surface area contributed by atoms with Gasteiger partial charge in [0, 0.05) is 11.6 Å². The van der Waals surface area contributed by atoms with Crippen molar-refractivity contribution >= 4 is 23.3 Å². The molecule has 0 aliphatic carbocycles. The maximum Gasteiger partial charge on any atom is 0.141 e. The SMILES string of the molecule is Cc1ccc(O)c2ncccc12.Cl. The molecular weight excluding hydrogens is 186 g/mol. The van der Waals surface area contributed by atoms with Crippen LogP contribution in [0.2, 0.25) is 0 Å². The van der Waals surface area contributed by atoms with Crippen molar-refractivity contribution in [1.82, 2.24) is 4.98 Å². The van der Waals surface area contributed by atoms with E-state index in [1.807, 2.05) is 25.1 Å². The molecule has 1 aromatic carbocycles. The number of phenols is 1. The number of aromatic nitrogens is 1. The number of pyridine rings is 1. The normalized spacial score (nSPS) is 9.62. The quantitative estimate of drug-likeness (QED) is 0.701. The minimum absolute atomic E-state index is 0. The first-order chi connectivity index (χ1) is 5.79. The Bertz CT molecular complexity index is 388. The van der Waals surface area contributed by atoms with Crippen LogP contribution < -0.4 is 0 Å². The topological polar surface area (TPSA) is 33.1 Å². The Hall–Kier alpha value is -1.28. The summed E-state index contributed by atoms with van der Waals surface area (Å²) in [7, 11) is 0. The van der Waals surface area contributed by atoms with Gasteiger partial charge in [0.1, 0.15) is 11.3 Å². The summed E-state index contributed by atoms with van der Waals surface area (Å²) in [5.74, 6) is 0.246. The van der Waals surface area contributed by atoms with Crippen LogP contribution in [-0.4, -0.2) is 10.1 Å². The van der Waals surface area contributed by atoms with Gasteiger partial charge >= 0.3 is 0 Å². The maximum absolute atomic E-state index is 9.43. The Morgan fingerprint density at radius 2 is 2.00 bits per heavy atom. The first kappa shape index (κ1) is 9.81. The van der Waals surface area contributed by atoms with Crippen LogP contribution in [0.15, 0.2) is 30.5 Å². The summed E-state index contributed by atoms with van der Waals surface area (Å²) in [4.78, 5) is 4.09. The molecule has 2 rings (SSSR count). The van der Waals surface area contributed by atoms with E-state index in [1.165, 1.54) is 0 Å². The molecule has 13 heavy (non-hydrogen) atoms. The van der Waals surface area contributed by atoms with Gasteiger partial charge in [0.15, 0.2) is 0 Å². The van der Waals surface area contributed by atoms with E-state index in [2.05, 4.69) is 4.98 Å². The molecule has 1 N–H and O–H groups in total. The molecule has 0 spiro atoms. The van der Waals surface area contributed by atoms with Crippen LogP contribution in [0, 0.1) is 6.92 Å². The van der Waals surface area contributed by atoms with Gasteiger partial charge in [-0.25, -0.2) is 0 Å². The van der Waals surface area contributed by atoms with Crippen LogP contribution in [0.3, 0.4) is 0 Å². The monoisotopic (exact) mass is 195 g/mol. The molecule has 2 nitrogen and oxygen atoms in total. The highest BCUT2D eigenvalue weighted by molar-refractivity contribution is 5.86. The third-order valence-electron chi connectivity index (χ3n) is 1.97. The maximum atomic E-state index is 9.43. The minimum atomic E-state index is 0. The summed E-state index contributed by atoms with van der Waals surface area (Å²) in [5, 5.41) is 10.4. The van der Waals surface area contributed by atoms with E-state index in [1.54, 1.807) is 12.3 Å². The van der Waals surface area contributed by atoms with Gasteiger partial charge in [-0.15, -0.1) is 12.4 Å². The number of hydrogen-bond acceptors (Lipinski definition) is 2. The minimum Gasteiger partial charge on any atom is -0.506 e. The molecule has 0 fully saturated rings. The van der Waals surface area contributed by atoms with Crippen molar-refractivity contribution in [2.75, 3.05) is 0 Å². The largest absolute Gasteiger partial charge is 0.506 e. The first-order valence-corrected chi connectivity index (χ1v) is 3.82. The number of rotatable bonds is 0. The van der Waals surface area contributed by atoms with Gasteiger partial charge in [-0.05, 0) is 24.6 Å². The van der Waals surface area contributed by atoms with Crippen LogP contribution in [0.25, 0.3) is 10.9 Å². The van der Waals surface area contributed by atoms with E-state index < -0.39 is 0 Å². The summed E-state index contributed by atoms with van der Waals surface area (Å²) in [6.45, 7) is 2.00. The molecule has 68 valence electrons. The average Bonchev–Trinajstić information content (AvgIpc) is 2.12. The lowest BCUT2D eigenvalue weighted by molar-refractivity contribution is 0.480. The van der Waals surface area contributed by atoms with Gasteiger partial charge in [0.05, 0.1) is 0 Å². The van der Waals surface area contributed by atoms with E-state index >= 15 is 0 Å². The molecule has 0 aliphatic rings. The number of aryl methyl sites for hydroxylation is 1. The Labute approximate surface area is 82.6 Å². The summed E-state index contributed by atoms with van der Waals surface area (Å²) < 4.78 is 0. The van der Waals surface area contributed by atoms with Crippen LogP contribution in [0.5, 0.6) is 5.75 Å². The number of nitrogens with zero attached hydrogens (tertiary/aromatic N) is 1. The number of aromatic hydroxyl groups is 1. The summed E-state index contributed by atoms with van der Waals surface area (Å²) in [5.41, 5.74) is 1.81. The molecule has 0 bridgehead atoms. The molecule has 0 atom stereocenters. The fourth-order valence-electron chi connectivity index (χ4n) is 1.30. The van der Waals surface area contributed by atoms with E-state index in [0.717, 1.165) is 10.9 Å². The third kappa shape index (κ3) is 1.58. The number of hydrogen-bond donors (Lipinski definition) is 1. The Balaban J connectivity index is 0.000000845. The molecule has 2 aromatic rings. The molecule has 0 saturated heterocycles. The van der Waals surface area contributed by atoms with E-state index in [-0.39, 0.29) is 18.2 Å². The molecule has 1 aromatic heterocycles. The van der Waals surface area contributed by atoms with E-state index in [0.29, 0.717) is 5.52 Å². The van der Waals surface area contributed by atoms with Gasteiger partial charge in [-0.3, -0.25) is 4.98 Å². The fraction of sp³-hybridized carbons (Fsp3) is 0.100.